The van der Waals surface area contributed by atoms with Crippen molar-refractivity contribution in [3.05, 3.63) is 0 Å². The number of hydrogen-bond acceptors (Lipinski definition) is 6. The molecule has 0 N–H and O–H groups in total. The molecule has 0 spiro atoms. The van der Waals surface area contributed by atoms with Gasteiger partial charge < -0.3 is 13.3 Å². The highest BCUT2D eigenvalue weighted by Crippen LogP contribution is 2.16. The molecule has 0 bridgehead atoms. The fourth-order valence-corrected chi connectivity index (χ4v) is 6.33. The van der Waals surface area contributed by atoms with E-state index >= 15 is 0 Å². The van der Waals surface area contributed by atoms with Crippen molar-refractivity contribution in [1.29, 1.82) is 0 Å². The molecule has 0 aromatic heterocycles. The van der Waals surface area contributed by atoms with Crippen molar-refractivity contribution < 1.29 is 25.5 Å². The van der Waals surface area contributed by atoms with E-state index in [2.05, 4.69) is 0 Å². The molecule has 104 valence electrons. The Bertz CT molecular complexity index is 298. The van der Waals surface area contributed by atoms with Crippen LogP contribution in [0.4, 0.5) is 0 Å². The lowest BCUT2D eigenvalue weighted by molar-refractivity contribution is 0.0104. The Morgan fingerprint density at radius 3 is 1.71 bits per heavy atom. The normalized spacial score (nSPS) is 15.6. The monoisotopic (exact) mass is 305 g/mol. The molecule has 0 rings (SSSR count). The van der Waals surface area contributed by atoms with Crippen LogP contribution in [0.3, 0.4) is 0 Å². The van der Waals surface area contributed by atoms with Crippen LogP contribution >= 0.6 is 0 Å². The highest BCUT2D eigenvalue weighted by atomic mass is 32.9. The third kappa shape index (κ3) is 5.70. The van der Waals surface area contributed by atoms with Gasteiger partial charge in [-0.3, -0.25) is 0 Å². The Labute approximate surface area is 108 Å². The van der Waals surface area contributed by atoms with Crippen molar-refractivity contribution in [2.45, 2.75) is 20.8 Å². The van der Waals surface area contributed by atoms with Crippen LogP contribution in [0.5, 0.6) is 0 Å². The average molecular weight is 305 g/mol. The van der Waals surface area contributed by atoms with E-state index in [4.69, 9.17) is 21.3 Å². The summed E-state index contributed by atoms with van der Waals surface area (Å²) in [5, 5.41) is 0. The van der Waals surface area contributed by atoms with Crippen molar-refractivity contribution in [2.24, 2.45) is 0 Å². The summed E-state index contributed by atoms with van der Waals surface area (Å²) >= 11 is 0. The molecule has 9 heteroatoms. The predicted octanol–water partition coefficient (Wildman–Crippen LogP) is 0.936. The van der Waals surface area contributed by atoms with E-state index in [-0.39, 0.29) is 0 Å². The maximum atomic E-state index is 12.1. The van der Waals surface area contributed by atoms with Crippen LogP contribution in [0.25, 0.3) is 0 Å². The first-order valence-corrected chi connectivity index (χ1v) is 10.1. The second-order valence-electron chi connectivity index (χ2n) is 2.62. The second kappa shape index (κ2) is 8.48. The first-order chi connectivity index (χ1) is 8.01. The molecule has 0 aromatic rings. The Morgan fingerprint density at radius 2 is 1.47 bits per heavy atom. The zero-order valence-corrected chi connectivity index (χ0v) is 13.5. The molecule has 1 unspecified atom stereocenters. The molecule has 6 nitrogen and oxygen atoms in total. The zero-order valence-electron chi connectivity index (χ0n) is 10.9. The van der Waals surface area contributed by atoms with E-state index in [1.54, 1.807) is 27.0 Å². The van der Waals surface area contributed by atoms with Gasteiger partial charge in [0.2, 0.25) is 0 Å². The summed E-state index contributed by atoms with van der Waals surface area (Å²) in [4.78, 5) is 0. The molecule has 0 fully saturated rings. The van der Waals surface area contributed by atoms with Gasteiger partial charge in [0, 0.05) is 19.8 Å². The summed E-state index contributed by atoms with van der Waals surface area (Å²) in [6.07, 6.45) is 1.62. The Hall–Kier alpha value is 0.387. The Morgan fingerprint density at radius 1 is 1.06 bits per heavy atom. The second-order valence-corrected chi connectivity index (χ2v) is 8.86. The lowest BCUT2D eigenvalue weighted by Crippen LogP contribution is -2.50. The lowest BCUT2D eigenvalue weighted by atomic mass is 10.9. The predicted molar refractivity (Wildman–Crippen MR) is 70.2 cm³/mol. The zero-order chi connectivity index (χ0) is 13.4. The van der Waals surface area contributed by atoms with Crippen LogP contribution in [0, 0.1) is 0 Å². The SMILES string of the molecule is CCO[Si](OCC)(OCC)OS(=O)(OC)=[S+]C. The minimum Gasteiger partial charge on any atom is -0.351 e. The van der Waals surface area contributed by atoms with E-state index < -0.39 is 18.1 Å². The highest BCUT2D eigenvalue weighted by Gasteiger charge is 2.51. The molecule has 0 radical (unpaired) electrons. The van der Waals surface area contributed by atoms with Gasteiger partial charge >= 0.3 is 18.1 Å². The van der Waals surface area contributed by atoms with E-state index in [1.165, 1.54) is 7.11 Å². The van der Waals surface area contributed by atoms with Crippen molar-refractivity contribution in [3.8, 4) is 0 Å². The molecule has 0 aliphatic rings. The van der Waals surface area contributed by atoms with Crippen LogP contribution in [0.1, 0.15) is 20.8 Å². The van der Waals surface area contributed by atoms with E-state index in [0.29, 0.717) is 19.8 Å². The smallest absolute Gasteiger partial charge is 0.351 e. The molecule has 0 aliphatic carbocycles. The topological polar surface area (TPSA) is 63.2 Å². The number of rotatable bonds is 9. The van der Waals surface area contributed by atoms with Gasteiger partial charge in [-0.15, -0.1) is 0 Å². The molecule has 1 atom stereocenters. The molecule has 0 amide bonds. The molecular weight excluding hydrogens is 284 g/mol. The van der Waals surface area contributed by atoms with Crippen molar-refractivity contribution in [1.82, 2.24) is 0 Å². The fraction of sp³-hybridized carbons (Fsp3) is 1.00. The molecular formula is C8H21O6S2Si+. The molecule has 0 saturated carbocycles. The Balaban J connectivity index is 5.07. The van der Waals surface area contributed by atoms with Gasteiger partial charge in [0.25, 0.3) is 10.3 Å². The van der Waals surface area contributed by atoms with Crippen LogP contribution in [-0.2, 0) is 40.7 Å². The van der Waals surface area contributed by atoms with Crippen molar-refractivity contribution in [3.63, 3.8) is 0 Å². The summed E-state index contributed by atoms with van der Waals surface area (Å²) in [6, 6.07) is 0. The first-order valence-electron chi connectivity index (χ1n) is 5.29. The van der Waals surface area contributed by atoms with Crippen molar-refractivity contribution in [2.75, 3.05) is 33.2 Å². The summed E-state index contributed by atoms with van der Waals surface area (Å²) in [6.45, 7) is 6.41. The third-order valence-electron chi connectivity index (χ3n) is 1.58. The average Bonchev–Trinajstić information content (AvgIpc) is 2.30. The lowest BCUT2D eigenvalue weighted by Gasteiger charge is -2.24. The fourth-order valence-electron chi connectivity index (χ4n) is 0.989. The van der Waals surface area contributed by atoms with Crippen LogP contribution in [0.2, 0.25) is 0 Å². The van der Waals surface area contributed by atoms with Crippen LogP contribution in [0.15, 0.2) is 0 Å². The van der Waals surface area contributed by atoms with Gasteiger partial charge in [0.1, 0.15) is 0 Å². The largest absolute Gasteiger partial charge is 0.697 e. The molecule has 0 aliphatic heterocycles. The van der Waals surface area contributed by atoms with E-state index in [0.717, 1.165) is 10.3 Å². The minimum absolute atomic E-state index is 0.347. The van der Waals surface area contributed by atoms with Gasteiger partial charge in [-0.05, 0) is 20.8 Å². The summed E-state index contributed by atoms with van der Waals surface area (Å²) < 4.78 is 38.5. The summed E-state index contributed by atoms with van der Waals surface area (Å²) in [5.41, 5.74) is 0. The standard InChI is InChI=1S/C8H21O6S2Si/c1-6-11-17(12-7-2,13-8-3)14-16(9,10-4)15-5/h6-8H2,1-5H3/q+1. The minimum atomic E-state index is -3.39. The van der Waals surface area contributed by atoms with Gasteiger partial charge in [-0.2, -0.15) is 8.08 Å². The van der Waals surface area contributed by atoms with Crippen molar-refractivity contribution >= 4 is 28.4 Å². The molecule has 0 heterocycles. The molecule has 0 saturated heterocycles. The first kappa shape index (κ1) is 17.4. The van der Waals surface area contributed by atoms with E-state index in [1.807, 2.05) is 0 Å². The number of hydrogen-bond donors (Lipinski definition) is 0. The van der Waals surface area contributed by atoms with Gasteiger partial charge in [0.05, 0.1) is 7.11 Å². The van der Waals surface area contributed by atoms with Crippen LogP contribution < -0.4 is 0 Å². The van der Waals surface area contributed by atoms with Gasteiger partial charge in [0.15, 0.2) is 6.26 Å². The van der Waals surface area contributed by atoms with Gasteiger partial charge in [-0.25, -0.2) is 4.18 Å². The maximum absolute atomic E-state index is 12.1. The van der Waals surface area contributed by atoms with Crippen LogP contribution in [-0.4, -0.2) is 46.4 Å². The maximum Gasteiger partial charge on any atom is 0.697 e. The van der Waals surface area contributed by atoms with Gasteiger partial charge in [-0.1, -0.05) is 0 Å². The molecule has 0 aromatic carbocycles. The van der Waals surface area contributed by atoms with E-state index in [9.17, 15) is 4.21 Å². The summed E-state index contributed by atoms with van der Waals surface area (Å²) in [7, 11) is -4.12. The Kier molecular flexibility index (Phi) is 8.68. The third-order valence-corrected chi connectivity index (χ3v) is 8.20. The quantitative estimate of drug-likeness (QED) is 0.466. The summed E-state index contributed by atoms with van der Waals surface area (Å²) in [5.74, 6) is 0. The molecule has 17 heavy (non-hydrogen) atoms. The highest BCUT2D eigenvalue weighted by molar-refractivity contribution is 8.35.